The molecule has 0 radical (unpaired) electrons. The molecule has 7 heteroatoms. The molecule has 3 aromatic rings. The van der Waals surface area contributed by atoms with E-state index in [-0.39, 0.29) is 5.91 Å². The lowest BCUT2D eigenvalue weighted by molar-refractivity contribution is -0.115. The molecule has 0 aliphatic rings. The Morgan fingerprint density at radius 1 is 1.30 bits per heavy atom. The third kappa shape index (κ3) is 4.74. The highest BCUT2D eigenvalue weighted by atomic mass is 79.9. The number of nitrogens with zero attached hydrogens (tertiary/aromatic N) is 2. The summed E-state index contributed by atoms with van der Waals surface area (Å²) in [6, 6.07) is 12.0. The standard InChI is InChI=1S/C20H18BrClN2OS2/c1-12-8-13(2)19(17(22)9-12)24(14(3)25)20-23-15(11-27-20)10-26-18-7-5-4-6-16(18)21/h4-9,11H,10H2,1-3H3. The largest absolute Gasteiger partial charge is 0.274 e. The average Bonchev–Trinajstić information content (AvgIpc) is 3.05. The molecule has 0 atom stereocenters. The zero-order chi connectivity index (χ0) is 19.6. The lowest BCUT2D eigenvalue weighted by atomic mass is 10.1. The van der Waals surface area contributed by atoms with E-state index in [2.05, 4.69) is 27.0 Å². The second kappa shape index (κ2) is 8.78. The number of benzene rings is 2. The summed E-state index contributed by atoms with van der Waals surface area (Å²) in [5.74, 6) is 0.620. The first-order chi connectivity index (χ1) is 12.9. The maximum Gasteiger partial charge on any atom is 0.230 e. The molecular weight excluding hydrogens is 464 g/mol. The highest BCUT2D eigenvalue weighted by Crippen LogP contribution is 2.38. The molecular formula is C20H18BrClN2OS2. The third-order valence-corrected chi connectivity index (χ3v) is 7.10. The van der Waals surface area contributed by atoms with Gasteiger partial charge in [0.05, 0.1) is 16.4 Å². The summed E-state index contributed by atoms with van der Waals surface area (Å²) in [6.45, 7) is 5.48. The monoisotopic (exact) mass is 480 g/mol. The van der Waals surface area contributed by atoms with Crippen LogP contribution >= 0.6 is 50.6 Å². The molecule has 0 saturated carbocycles. The number of halogens is 2. The number of anilines is 2. The van der Waals surface area contributed by atoms with Crippen LogP contribution in [0.2, 0.25) is 5.02 Å². The summed E-state index contributed by atoms with van der Waals surface area (Å²) in [5.41, 5.74) is 3.65. The number of thiazole rings is 1. The van der Waals surface area contributed by atoms with Crippen LogP contribution < -0.4 is 4.90 Å². The van der Waals surface area contributed by atoms with Gasteiger partial charge in [0, 0.05) is 27.4 Å². The molecule has 0 unspecified atom stereocenters. The summed E-state index contributed by atoms with van der Waals surface area (Å²) in [4.78, 5) is 19.8. The van der Waals surface area contributed by atoms with Crippen molar-refractivity contribution in [1.29, 1.82) is 0 Å². The summed E-state index contributed by atoms with van der Waals surface area (Å²) in [5, 5.41) is 3.19. The quantitative estimate of drug-likeness (QED) is 0.363. The summed E-state index contributed by atoms with van der Waals surface area (Å²) >= 11 is 13.2. The minimum Gasteiger partial charge on any atom is -0.274 e. The molecule has 1 heterocycles. The van der Waals surface area contributed by atoms with Crippen LogP contribution in [-0.4, -0.2) is 10.9 Å². The number of carbonyl (C=O) groups is 1. The van der Waals surface area contributed by atoms with Crippen LogP contribution in [-0.2, 0) is 10.5 Å². The van der Waals surface area contributed by atoms with Crippen LogP contribution in [0.4, 0.5) is 10.8 Å². The highest BCUT2D eigenvalue weighted by molar-refractivity contribution is 9.10. The predicted molar refractivity (Wildman–Crippen MR) is 120 cm³/mol. The van der Waals surface area contributed by atoms with Crippen LogP contribution in [0, 0.1) is 13.8 Å². The maximum absolute atomic E-state index is 12.4. The van der Waals surface area contributed by atoms with E-state index in [1.165, 1.54) is 18.3 Å². The van der Waals surface area contributed by atoms with E-state index in [4.69, 9.17) is 11.6 Å². The normalized spacial score (nSPS) is 10.9. The molecule has 2 aromatic carbocycles. The van der Waals surface area contributed by atoms with Crippen molar-refractivity contribution in [2.75, 3.05) is 4.90 Å². The van der Waals surface area contributed by atoms with Gasteiger partial charge >= 0.3 is 0 Å². The number of aromatic nitrogens is 1. The van der Waals surface area contributed by atoms with Crippen molar-refractivity contribution < 1.29 is 4.79 Å². The topological polar surface area (TPSA) is 33.2 Å². The first kappa shape index (κ1) is 20.4. The van der Waals surface area contributed by atoms with Crippen molar-refractivity contribution in [2.45, 2.75) is 31.4 Å². The van der Waals surface area contributed by atoms with Gasteiger partial charge in [-0.2, -0.15) is 0 Å². The SMILES string of the molecule is CC(=O)N(c1nc(CSc2ccccc2Br)cs1)c1c(C)cc(C)cc1Cl. The number of rotatable bonds is 5. The highest BCUT2D eigenvalue weighted by Gasteiger charge is 2.22. The van der Waals surface area contributed by atoms with Crippen LogP contribution in [0.1, 0.15) is 23.7 Å². The Kier molecular flexibility index (Phi) is 6.63. The minimum atomic E-state index is -0.108. The Balaban J connectivity index is 1.87. The van der Waals surface area contributed by atoms with Crippen LogP contribution in [0.25, 0.3) is 0 Å². The van der Waals surface area contributed by atoms with Gasteiger partial charge in [-0.15, -0.1) is 23.1 Å². The molecule has 27 heavy (non-hydrogen) atoms. The van der Waals surface area contributed by atoms with Crippen molar-refractivity contribution in [3.63, 3.8) is 0 Å². The fourth-order valence-electron chi connectivity index (χ4n) is 2.76. The number of hydrogen-bond acceptors (Lipinski definition) is 4. The van der Waals surface area contributed by atoms with Crippen LogP contribution in [0.5, 0.6) is 0 Å². The minimum absolute atomic E-state index is 0.108. The van der Waals surface area contributed by atoms with Gasteiger partial charge in [0.2, 0.25) is 5.91 Å². The number of amides is 1. The molecule has 0 spiro atoms. The molecule has 1 aromatic heterocycles. The Labute approximate surface area is 180 Å². The van der Waals surface area contributed by atoms with Crippen LogP contribution in [0.15, 0.2) is 51.1 Å². The van der Waals surface area contributed by atoms with E-state index in [0.29, 0.717) is 15.8 Å². The Morgan fingerprint density at radius 2 is 2.04 bits per heavy atom. The summed E-state index contributed by atoms with van der Waals surface area (Å²) < 4.78 is 1.07. The van der Waals surface area contributed by atoms with Crippen molar-refractivity contribution in [2.24, 2.45) is 0 Å². The fraction of sp³-hybridized carbons (Fsp3) is 0.200. The molecule has 0 saturated heterocycles. The first-order valence-corrected chi connectivity index (χ1v) is 11.3. The van der Waals surface area contributed by atoms with Crippen molar-refractivity contribution in [3.8, 4) is 0 Å². The number of aryl methyl sites for hydroxylation is 2. The summed E-state index contributed by atoms with van der Waals surface area (Å²) in [6.07, 6.45) is 0. The van der Waals surface area contributed by atoms with Crippen molar-refractivity contribution in [3.05, 3.63) is 68.1 Å². The van der Waals surface area contributed by atoms with Crippen molar-refractivity contribution >= 4 is 67.4 Å². The van der Waals surface area contributed by atoms with E-state index >= 15 is 0 Å². The average molecular weight is 482 g/mol. The molecule has 0 fully saturated rings. The van der Waals surface area contributed by atoms with E-state index < -0.39 is 0 Å². The number of hydrogen-bond donors (Lipinski definition) is 0. The molecule has 1 amide bonds. The smallest absolute Gasteiger partial charge is 0.230 e. The molecule has 140 valence electrons. The molecule has 3 nitrogen and oxygen atoms in total. The molecule has 0 aliphatic carbocycles. The van der Waals surface area contributed by atoms with Gasteiger partial charge in [0.25, 0.3) is 0 Å². The van der Waals surface area contributed by atoms with Crippen molar-refractivity contribution in [1.82, 2.24) is 4.98 Å². The molecule has 0 bridgehead atoms. The molecule has 0 aliphatic heterocycles. The molecule has 3 rings (SSSR count). The third-order valence-electron chi connectivity index (χ3n) is 3.88. The van der Waals surface area contributed by atoms with E-state index in [1.807, 2.05) is 49.6 Å². The van der Waals surface area contributed by atoms with Gasteiger partial charge in [-0.25, -0.2) is 4.98 Å². The lowest BCUT2D eigenvalue weighted by Crippen LogP contribution is -2.24. The Morgan fingerprint density at radius 3 is 2.70 bits per heavy atom. The van der Waals surface area contributed by atoms with Crippen LogP contribution in [0.3, 0.4) is 0 Å². The lowest BCUT2D eigenvalue weighted by Gasteiger charge is -2.22. The zero-order valence-corrected chi connectivity index (χ0v) is 19.1. The summed E-state index contributed by atoms with van der Waals surface area (Å²) in [7, 11) is 0. The van der Waals surface area contributed by atoms with Gasteiger partial charge in [-0.3, -0.25) is 9.69 Å². The second-order valence-electron chi connectivity index (χ2n) is 6.11. The molecule has 0 N–H and O–H groups in total. The predicted octanol–water partition coefficient (Wildman–Crippen LogP) is 7.15. The zero-order valence-electron chi connectivity index (χ0n) is 15.1. The second-order valence-corrected chi connectivity index (χ2v) is 9.22. The van der Waals surface area contributed by atoms with Gasteiger partial charge in [0.1, 0.15) is 0 Å². The number of carbonyl (C=O) groups excluding carboxylic acids is 1. The Hall–Kier alpha value is -1.34. The van der Waals surface area contributed by atoms with Gasteiger partial charge in [-0.05, 0) is 59.1 Å². The van der Waals surface area contributed by atoms with Gasteiger partial charge in [0.15, 0.2) is 5.13 Å². The van der Waals surface area contributed by atoms with E-state index in [0.717, 1.165) is 31.9 Å². The van der Waals surface area contributed by atoms with Gasteiger partial charge in [-0.1, -0.05) is 29.8 Å². The van der Waals surface area contributed by atoms with E-state index in [1.54, 1.807) is 16.7 Å². The number of thioether (sulfide) groups is 1. The van der Waals surface area contributed by atoms with E-state index in [9.17, 15) is 4.79 Å². The first-order valence-electron chi connectivity index (χ1n) is 8.26. The van der Waals surface area contributed by atoms with Gasteiger partial charge < -0.3 is 0 Å². The Bertz CT molecular complexity index is 967. The maximum atomic E-state index is 12.4. The fourth-order valence-corrected chi connectivity index (χ4v) is 5.60.